The van der Waals surface area contributed by atoms with E-state index in [1.165, 1.54) is 0 Å². The van der Waals surface area contributed by atoms with Gasteiger partial charge in [-0.2, -0.15) is 0 Å². The highest BCUT2D eigenvalue weighted by molar-refractivity contribution is 5.90. The molecular weight excluding hydrogens is 278 g/mol. The highest BCUT2D eigenvalue weighted by Crippen LogP contribution is 2.12. The Labute approximate surface area is 132 Å². The van der Waals surface area contributed by atoms with Crippen LogP contribution in [0.15, 0.2) is 24.3 Å². The van der Waals surface area contributed by atoms with E-state index in [0.717, 1.165) is 24.1 Å². The van der Waals surface area contributed by atoms with Crippen molar-refractivity contribution in [3.63, 3.8) is 0 Å². The van der Waals surface area contributed by atoms with Crippen LogP contribution < -0.4 is 16.4 Å². The van der Waals surface area contributed by atoms with Crippen LogP contribution >= 0.6 is 0 Å². The van der Waals surface area contributed by atoms with Gasteiger partial charge in [-0.05, 0) is 37.5 Å². The Hall–Kier alpha value is -1.88. The van der Waals surface area contributed by atoms with Crippen molar-refractivity contribution in [1.29, 1.82) is 0 Å². The maximum atomic E-state index is 12.0. The predicted molar refractivity (Wildman–Crippen MR) is 89.3 cm³/mol. The third-order valence-electron chi connectivity index (χ3n) is 3.46. The molecule has 4 N–H and O–H groups in total. The van der Waals surface area contributed by atoms with Gasteiger partial charge in [-0.1, -0.05) is 32.4 Å². The second-order valence-corrected chi connectivity index (χ2v) is 5.85. The van der Waals surface area contributed by atoms with Crippen LogP contribution in [0.3, 0.4) is 0 Å². The van der Waals surface area contributed by atoms with E-state index < -0.39 is 5.54 Å². The van der Waals surface area contributed by atoms with E-state index in [1.54, 1.807) is 6.92 Å². The molecule has 0 bridgehead atoms. The van der Waals surface area contributed by atoms with Gasteiger partial charge in [-0.25, -0.2) is 0 Å². The van der Waals surface area contributed by atoms with Gasteiger partial charge in [0.25, 0.3) is 0 Å². The average molecular weight is 305 g/mol. The zero-order valence-corrected chi connectivity index (χ0v) is 13.7. The first-order valence-electron chi connectivity index (χ1n) is 7.85. The number of anilines is 1. The summed E-state index contributed by atoms with van der Waals surface area (Å²) in [6.45, 7) is 6.15. The molecule has 22 heavy (non-hydrogen) atoms. The van der Waals surface area contributed by atoms with Crippen molar-refractivity contribution < 1.29 is 9.59 Å². The summed E-state index contributed by atoms with van der Waals surface area (Å²) in [4.78, 5) is 23.5. The maximum absolute atomic E-state index is 12.0. The third-order valence-corrected chi connectivity index (χ3v) is 3.46. The lowest BCUT2D eigenvalue weighted by atomic mass is 9.96. The zero-order valence-electron chi connectivity index (χ0n) is 13.7. The van der Waals surface area contributed by atoms with Crippen molar-refractivity contribution in [2.45, 2.75) is 58.5 Å². The number of benzene rings is 1. The van der Waals surface area contributed by atoms with E-state index in [-0.39, 0.29) is 11.8 Å². The number of rotatable bonds is 8. The van der Waals surface area contributed by atoms with Crippen molar-refractivity contribution in [2.24, 2.45) is 5.73 Å². The Morgan fingerprint density at radius 2 is 1.77 bits per heavy atom. The summed E-state index contributed by atoms with van der Waals surface area (Å²) in [5.41, 5.74) is 6.89. The molecule has 5 heteroatoms. The minimum atomic E-state index is -0.831. The lowest BCUT2D eigenvalue weighted by Gasteiger charge is -2.22. The van der Waals surface area contributed by atoms with Crippen molar-refractivity contribution in [2.75, 3.05) is 5.32 Å². The van der Waals surface area contributed by atoms with Crippen molar-refractivity contribution in [3.8, 4) is 0 Å². The standard InChI is InChI=1S/C17H27N3O2/c1-4-6-15(21)20-14-9-7-13(8-10-14)12-19-16(22)17(3,18)11-5-2/h7-10H,4-6,11-12,18H2,1-3H3,(H,19,22)(H,20,21). The van der Waals surface area contributed by atoms with Gasteiger partial charge >= 0.3 is 0 Å². The molecule has 0 radical (unpaired) electrons. The molecule has 1 rings (SSSR count). The molecule has 0 aromatic heterocycles. The van der Waals surface area contributed by atoms with Crippen LogP contribution in [0.1, 0.15) is 52.0 Å². The topological polar surface area (TPSA) is 84.2 Å². The molecular formula is C17H27N3O2. The molecule has 1 aromatic carbocycles. The SMILES string of the molecule is CCCC(=O)Nc1ccc(CNC(=O)C(C)(N)CCC)cc1. The molecule has 1 atom stereocenters. The fraction of sp³-hybridized carbons (Fsp3) is 0.529. The first kappa shape index (κ1) is 18.2. The van der Waals surface area contributed by atoms with Crippen LogP contribution in [0.25, 0.3) is 0 Å². The highest BCUT2D eigenvalue weighted by Gasteiger charge is 2.26. The molecule has 0 aliphatic rings. The lowest BCUT2D eigenvalue weighted by Crippen LogP contribution is -2.51. The van der Waals surface area contributed by atoms with Crippen LogP contribution in [-0.4, -0.2) is 17.4 Å². The Kier molecular flexibility index (Phi) is 7.05. The van der Waals surface area contributed by atoms with Crippen molar-refractivity contribution >= 4 is 17.5 Å². The van der Waals surface area contributed by atoms with Gasteiger partial charge in [0.05, 0.1) is 5.54 Å². The van der Waals surface area contributed by atoms with E-state index in [0.29, 0.717) is 19.4 Å². The summed E-state index contributed by atoms with van der Waals surface area (Å²) in [5.74, 6) is -0.128. The molecule has 0 saturated carbocycles. The molecule has 0 saturated heterocycles. The maximum Gasteiger partial charge on any atom is 0.240 e. The minimum absolute atomic E-state index is 0.0158. The zero-order chi connectivity index (χ0) is 16.6. The number of nitrogens with one attached hydrogen (secondary N) is 2. The number of carbonyl (C=O) groups is 2. The highest BCUT2D eigenvalue weighted by atomic mass is 16.2. The van der Waals surface area contributed by atoms with E-state index in [9.17, 15) is 9.59 Å². The molecule has 122 valence electrons. The first-order chi connectivity index (χ1) is 10.4. The Balaban J connectivity index is 2.51. The van der Waals surface area contributed by atoms with Gasteiger partial charge in [-0.15, -0.1) is 0 Å². The molecule has 0 spiro atoms. The molecule has 0 aliphatic heterocycles. The summed E-state index contributed by atoms with van der Waals surface area (Å²) in [6, 6.07) is 7.44. The first-order valence-corrected chi connectivity index (χ1v) is 7.85. The summed E-state index contributed by atoms with van der Waals surface area (Å²) in [5, 5.41) is 5.68. The molecule has 1 aromatic rings. The number of amides is 2. The number of carbonyl (C=O) groups excluding carboxylic acids is 2. The number of nitrogens with two attached hydrogens (primary N) is 1. The number of hydrogen-bond donors (Lipinski definition) is 3. The monoisotopic (exact) mass is 305 g/mol. The molecule has 1 unspecified atom stereocenters. The van der Waals surface area contributed by atoms with Crippen LogP contribution in [0.2, 0.25) is 0 Å². The van der Waals surface area contributed by atoms with Gasteiger partial charge in [0, 0.05) is 18.7 Å². The Morgan fingerprint density at radius 3 is 2.32 bits per heavy atom. The van der Waals surface area contributed by atoms with E-state index in [4.69, 9.17) is 5.73 Å². The quantitative estimate of drug-likeness (QED) is 0.690. The lowest BCUT2D eigenvalue weighted by molar-refractivity contribution is -0.126. The van der Waals surface area contributed by atoms with E-state index in [2.05, 4.69) is 10.6 Å². The molecule has 0 fully saturated rings. The smallest absolute Gasteiger partial charge is 0.240 e. The largest absolute Gasteiger partial charge is 0.350 e. The van der Waals surface area contributed by atoms with Crippen LogP contribution in [-0.2, 0) is 16.1 Å². The van der Waals surface area contributed by atoms with Crippen LogP contribution in [0.5, 0.6) is 0 Å². The second kappa shape index (κ2) is 8.54. The molecule has 0 aliphatic carbocycles. The summed E-state index contributed by atoms with van der Waals surface area (Å²) < 4.78 is 0. The molecule has 0 heterocycles. The number of hydrogen-bond acceptors (Lipinski definition) is 3. The van der Waals surface area contributed by atoms with Crippen molar-refractivity contribution in [3.05, 3.63) is 29.8 Å². The van der Waals surface area contributed by atoms with E-state index in [1.807, 2.05) is 38.1 Å². The van der Waals surface area contributed by atoms with Gasteiger partial charge in [0.2, 0.25) is 11.8 Å². The van der Waals surface area contributed by atoms with Crippen LogP contribution in [0.4, 0.5) is 5.69 Å². The van der Waals surface area contributed by atoms with Crippen molar-refractivity contribution in [1.82, 2.24) is 5.32 Å². The van der Waals surface area contributed by atoms with Gasteiger partial charge in [-0.3, -0.25) is 9.59 Å². The third kappa shape index (κ3) is 5.85. The summed E-state index contributed by atoms with van der Waals surface area (Å²) >= 11 is 0. The minimum Gasteiger partial charge on any atom is -0.350 e. The predicted octanol–water partition coefficient (Wildman–Crippen LogP) is 2.56. The van der Waals surface area contributed by atoms with Crippen LogP contribution in [0, 0.1) is 0 Å². The average Bonchev–Trinajstić information content (AvgIpc) is 2.46. The Morgan fingerprint density at radius 1 is 1.14 bits per heavy atom. The molecule has 2 amide bonds. The fourth-order valence-electron chi connectivity index (χ4n) is 2.17. The van der Waals surface area contributed by atoms with Gasteiger partial charge in [0.15, 0.2) is 0 Å². The van der Waals surface area contributed by atoms with Gasteiger partial charge < -0.3 is 16.4 Å². The fourth-order valence-corrected chi connectivity index (χ4v) is 2.17. The normalized spacial score (nSPS) is 13.3. The van der Waals surface area contributed by atoms with Gasteiger partial charge in [0.1, 0.15) is 0 Å². The molecule has 5 nitrogen and oxygen atoms in total. The van der Waals surface area contributed by atoms with E-state index >= 15 is 0 Å². The Bertz CT molecular complexity index is 495. The summed E-state index contributed by atoms with van der Waals surface area (Å²) in [6.07, 6.45) is 2.86. The second-order valence-electron chi connectivity index (χ2n) is 5.85. The summed E-state index contributed by atoms with van der Waals surface area (Å²) in [7, 11) is 0.